The van der Waals surface area contributed by atoms with Crippen LogP contribution in [-0.2, 0) is 4.79 Å². The largest absolute Gasteiger partial charge is 0.478 e. The number of rotatable bonds is 7. The highest BCUT2D eigenvalue weighted by Crippen LogP contribution is 2.31. The maximum absolute atomic E-state index is 10.4. The summed E-state index contributed by atoms with van der Waals surface area (Å²) in [5, 5.41) is 8.58. The predicted molar refractivity (Wildman–Crippen MR) is 76.1 cm³/mol. The third-order valence-corrected chi connectivity index (χ3v) is 3.18. The minimum atomic E-state index is -0.939. The van der Waals surface area contributed by atoms with Gasteiger partial charge in [-0.3, -0.25) is 0 Å². The van der Waals surface area contributed by atoms with Gasteiger partial charge in [-0.1, -0.05) is 6.92 Å². The van der Waals surface area contributed by atoms with Crippen molar-refractivity contribution in [2.45, 2.75) is 26.2 Å². The molecule has 0 amide bonds. The Hall–Kier alpha value is -1.84. The number of carboxylic acids is 1. The normalized spacial score (nSPS) is 14.8. The average molecular weight is 260 g/mol. The lowest BCUT2D eigenvalue weighted by molar-refractivity contribution is -0.131. The number of carboxylic acid groups (broad SMARTS) is 1. The Morgan fingerprint density at radius 2 is 2.32 bits per heavy atom. The van der Waals surface area contributed by atoms with E-state index < -0.39 is 5.97 Å². The second-order valence-electron chi connectivity index (χ2n) is 5.01. The van der Waals surface area contributed by atoms with E-state index in [0.717, 1.165) is 42.9 Å². The quantitative estimate of drug-likeness (QED) is 0.766. The molecule has 0 aromatic carbocycles. The number of anilines is 1. The number of carbonyl (C=O) groups is 1. The van der Waals surface area contributed by atoms with Crippen LogP contribution >= 0.6 is 0 Å². The van der Waals surface area contributed by atoms with Crippen LogP contribution in [0, 0.1) is 5.92 Å². The SMILES string of the molecule is CCCN(CC1CC1)c1ccc(/C=C/C(=O)O)cn1. The Kier molecular flexibility index (Phi) is 4.55. The maximum atomic E-state index is 10.4. The first kappa shape index (κ1) is 13.6. The van der Waals surface area contributed by atoms with Gasteiger partial charge in [0.15, 0.2) is 0 Å². The van der Waals surface area contributed by atoms with E-state index >= 15 is 0 Å². The minimum absolute atomic E-state index is 0.814. The van der Waals surface area contributed by atoms with E-state index in [-0.39, 0.29) is 0 Å². The van der Waals surface area contributed by atoms with Gasteiger partial charge >= 0.3 is 5.97 Å². The average Bonchev–Trinajstić information content (AvgIpc) is 3.20. The second kappa shape index (κ2) is 6.36. The van der Waals surface area contributed by atoms with Crippen molar-refractivity contribution in [2.75, 3.05) is 18.0 Å². The van der Waals surface area contributed by atoms with Crippen LogP contribution in [0.2, 0.25) is 0 Å². The van der Waals surface area contributed by atoms with E-state index in [9.17, 15) is 4.79 Å². The summed E-state index contributed by atoms with van der Waals surface area (Å²) in [4.78, 5) is 17.2. The molecule has 2 rings (SSSR count). The molecule has 1 aliphatic carbocycles. The highest BCUT2D eigenvalue weighted by molar-refractivity contribution is 5.85. The van der Waals surface area contributed by atoms with Crippen LogP contribution in [0.1, 0.15) is 31.7 Å². The van der Waals surface area contributed by atoms with Crippen molar-refractivity contribution in [2.24, 2.45) is 5.92 Å². The van der Waals surface area contributed by atoms with Gasteiger partial charge in [0, 0.05) is 25.4 Å². The highest BCUT2D eigenvalue weighted by atomic mass is 16.4. The topological polar surface area (TPSA) is 53.4 Å². The van der Waals surface area contributed by atoms with Gasteiger partial charge in [0.2, 0.25) is 0 Å². The van der Waals surface area contributed by atoms with Gasteiger partial charge in [0.05, 0.1) is 0 Å². The molecule has 0 radical (unpaired) electrons. The molecule has 0 unspecified atom stereocenters. The Labute approximate surface area is 113 Å². The third kappa shape index (κ3) is 4.39. The summed E-state index contributed by atoms with van der Waals surface area (Å²) in [7, 11) is 0. The Balaban J connectivity index is 2.03. The molecule has 19 heavy (non-hydrogen) atoms. The molecule has 1 heterocycles. The maximum Gasteiger partial charge on any atom is 0.328 e. The predicted octanol–water partition coefficient (Wildman–Crippen LogP) is 2.81. The summed E-state index contributed by atoms with van der Waals surface area (Å²) >= 11 is 0. The van der Waals surface area contributed by atoms with Crippen molar-refractivity contribution in [1.82, 2.24) is 4.98 Å². The van der Waals surface area contributed by atoms with Crippen LogP contribution in [0.5, 0.6) is 0 Å². The molecule has 0 bridgehead atoms. The van der Waals surface area contributed by atoms with Crippen molar-refractivity contribution in [3.63, 3.8) is 0 Å². The molecular formula is C15H20N2O2. The van der Waals surface area contributed by atoms with Gasteiger partial charge < -0.3 is 10.0 Å². The van der Waals surface area contributed by atoms with E-state index in [1.165, 1.54) is 12.8 Å². The van der Waals surface area contributed by atoms with Crippen LogP contribution in [0.4, 0.5) is 5.82 Å². The number of pyridine rings is 1. The second-order valence-corrected chi connectivity index (χ2v) is 5.01. The van der Waals surface area contributed by atoms with E-state index in [0.29, 0.717) is 0 Å². The fourth-order valence-corrected chi connectivity index (χ4v) is 2.03. The Bertz CT molecular complexity index is 450. The third-order valence-electron chi connectivity index (χ3n) is 3.18. The fourth-order valence-electron chi connectivity index (χ4n) is 2.03. The lowest BCUT2D eigenvalue weighted by atomic mass is 10.2. The molecule has 0 spiro atoms. The first-order valence-corrected chi connectivity index (χ1v) is 6.81. The minimum Gasteiger partial charge on any atom is -0.478 e. The number of aromatic nitrogens is 1. The molecule has 0 aliphatic heterocycles. The Morgan fingerprint density at radius 1 is 1.53 bits per heavy atom. The van der Waals surface area contributed by atoms with Crippen molar-refractivity contribution in [1.29, 1.82) is 0 Å². The zero-order valence-corrected chi connectivity index (χ0v) is 11.2. The smallest absolute Gasteiger partial charge is 0.328 e. The molecule has 0 saturated heterocycles. The van der Waals surface area contributed by atoms with Gasteiger partial charge in [-0.15, -0.1) is 0 Å². The van der Waals surface area contributed by atoms with E-state index in [2.05, 4.69) is 16.8 Å². The summed E-state index contributed by atoms with van der Waals surface area (Å²) in [5.41, 5.74) is 0.814. The lowest BCUT2D eigenvalue weighted by Gasteiger charge is -2.23. The molecule has 0 atom stereocenters. The van der Waals surface area contributed by atoms with Crippen LogP contribution < -0.4 is 4.90 Å². The molecule has 1 saturated carbocycles. The van der Waals surface area contributed by atoms with Gasteiger partial charge in [0.25, 0.3) is 0 Å². The van der Waals surface area contributed by atoms with Gasteiger partial charge in [-0.25, -0.2) is 9.78 Å². The molecule has 1 aromatic heterocycles. The molecule has 1 fully saturated rings. The molecule has 4 heteroatoms. The van der Waals surface area contributed by atoms with E-state index in [1.807, 2.05) is 12.1 Å². The van der Waals surface area contributed by atoms with Crippen LogP contribution in [0.25, 0.3) is 6.08 Å². The van der Waals surface area contributed by atoms with Crippen LogP contribution in [0.3, 0.4) is 0 Å². The summed E-state index contributed by atoms with van der Waals surface area (Å²) in [6, 6.07) is 3.89. The van der Waals surface area contributed by atoms with E-state index in [1.54, 1.807) is 12.3 Å². The summed E-state index contributed by atoms with van der Waals surface area (Å²) in [6.45, 7) is 4.28. The van der Waals surface area contributed by atoms with Gasteiger partial charge in [0.1, 0.15) is 5.82 Å². The van der Waals surface area contributed by atoms with Gasteiger partial charge in [-0.2, -0.15) is 0 Å². The summed E-state index contributed by atoms with van der Waals surface area (Å²) < 4.78 is 0. The number of aliphatic carboxylic acids is 1. The fraction of sp³-hybridized carbons (Fsp3) is 0.467. The molecular weight excluding hydrogens is 240 g/mol. The number of hydrogen-bond donors (Lipinski definition) is 1. The molecule has 4 nitrogen and oxygen atoms in total. The van der Waals surface area contributed by atoms with Crippen molar-refractivity contribution in [3.8, 4) is 0 Å². The highest BCUT2D eigenvalue weighted by Gasteiger charge is 2.24. The first-order valence-electron chi connectivity index (χ1n) is 6.81. The van der Waals surface area contributed by atoms with Crippen molar-refractivity contribution >= 4 is 17.9 Å². The van der Waals surface area contributed by atoms with E-state index in [4.69, 9.17) is 5.11 Å². The first-order chi connectivity index (χ1) is 9.19. The summed E-state index contributed by atoms with van der Waals surface area (Å²) in [5.74, 6) is 0.881. The molecule has 1 N–H and O–H groups in total. The zero-order valence-electron chi connectivity index (χ0n) is 11.2. The lowest BCUT2D eigenvalue weighted by Crippen LogP contribution is -2.27. The van der Waals surface area contributed by atoms with Crippen molar-refractivity contribution < 1.29 is 9.90 Å². The zero-order chi connectivity index (χ0) is 13.7. The van der Waals surface area contributed by atoms with Crippen molar-refractivity contribution in [3.05, 3.63) is 30.0 Å². The number of nitrogens with zero attached hydrogens (tertiary/aromatic N) is 2. The molecule has 102 valence electrons. The Morgan fingerprint density at radius 3 is 2.84 bits per heavy atom. The summed E-state index contributed by atoms with van der Waals surface area (Å²) in [6.07, 6.45) is 8.19. The number of hydrogen-bond acceptors (Lipinski definition) is 3. The van der Waals surface area contributed by atoms with Gasteiger partial charge in [-0.05, 0) is 49.0 Å². The molecule has 1 aromatic rings. The van der Waals surface area contributed by atoms with Crippen LogP contribution in [0.15, 0.2) is 24.4 Å². The van der Waals surface area contributed by atoms with Crippen LogP contribution in [-0.4, -0.2) is 29.1 Å². The monoisotopic (exact) mass is 260 g/mol. The molecule has 1 aliphatic rings. The standard InChI is InChI=1S/C15H20N2O2/c1-2-9-17(11-13-3-4-13)14-7-5-12(10-16-14)6-8-15(18)19/h5-8,10,13H,2-4,9,11H2,1H3,(H,18,19)/b8-6+.